The van der Waals surface area contributed by atoms with Crippen molar-refractivity contribution in [2.75, 3.05) is 10.6 Å². The lowest BCUT2D eigenvalue weighted by Crippen LogP contribution is -2.44. The first-order valence-corrected chi connectivity index (χ1v) is 10.1. The summed E-state index contributed by atoms with van der Waals surface area (Å²) in [6, 6.07) is 16.7. The van der Waals surface area contributed by atoms with Gasteiger partial charge in [-0.1, -0.05) is 53.0 Å². The fourth-order valence-electron chi connectivity index (χ4n) is 3.67. The summed E-state index contributed by atoms with van der Waals surface area (Å²) in [5.74, 6) is -1.49. The number of fused-ring (bicyclic) bond motifs is 1. The maximum atomic E-state index is 13.3. The van der Waals surface area contributed by atoms with Crippen LogP contribution in [-0.2, 0) is 16.8 Å². The first-order valence-electron chi connectivity index (χ1n) is 8.95. The molecular formula is C22H15Cl3N2O3. The van der Waals surface area contributed by atoms with Crippen molar-refractivity contribution < 1.29 is 14.7 Å². The Bertz CT molecular complexity index is 1180. The fourth-order valence-corrected chi connectivity index (χ4v) is 4.23. The molecule has 0 aliphatic carbocycles. The molecule has 1 unspecified atom stereocenters. The minimum absolute atomic E-state index is 0.0387. The Labute approximate surface area is 187 Å². The van der Waals surface area contributed by atoms with Crippen molar-refractivity contribution in [3.63, 3.8) is 0 Å². The first-order chi connectivity index (χ1) is 14.3. The minimum Gasteiger partial charge on any atom is -0.478 e. The lowest BCUT2D eigenvalue weighted by molar-refractivity contribution is -0.119. The van der Waals surface area contributed by atoms with Crippen molar-refractivity contribution in [3.8, 4) is 0 Å². The van der Waals surface area contributed by atoms with E-state index in [-0.39, 0.29) is 28.6 Å². The number of carboxylic acids is 1. The Morgan fingerprint density at radius 3 is 2.40 bits per heavy atom. The predicted molar refractivity (Wildman–Crippen MR) is 119 cm³/mol. The number of carbonyl (C=O) groups excluding carboxylic acids is 1. The van der Waals surface area contributed by atoms with Crippen LogP contribution in [0.1, 0.15) is 21.5 Å². The van der Waals surface area contributed by atoms with Gasteiger partial charge in [0.25, 0.3) is 5.91 Å². The summed E-state index contributed by atoms with van der Waals surface area (Å²) >= 11 is 18.2. The molecule has 0 saturated carbocycles. The largest absolute Gasteiger partial charge is 0.478 e. The van der Waals surface area contributed by atoms with E-state index in [1.54, 1.807) is 48.5 Å². The maximum Gasteiger partial charge on any atom is 0.337 e. The van der Waals surface area contributed by atoms with Crippen molar-refractivity contribution in [3.05, 3.63) is 92.4 Å². The van der Waals surface area contributed by atoms with Gasteiger partial charge in [-0.3, -0.25) is 4.79 Å². The third kappa shape index (κ3) is 3.72. The summed E-state index contributed by atoms with van der Waals surface area (Å²) < 4.78 is 0. The van der Waals surface area contributed by atoms with Gasteiger partial charge < -0.3 is 15.7 Å². The van der Waals surface area contributed by atoms with Crippen LogP contribution in [0.5, 0.6) is 0 Å². The van der Waals surface area contributed by atoms with Gasteiger partial charge in [-0.15, -0.1) is 0 Å². The van der Waals surface area contributed by atoms with E-state index >= 15 is 0 Å². The fraction of sp³-hybridized carbons (Fsp3) is 0.0909. The van der Waals surface area contributed by atoms with Crippen LogP contribution in [0.25, 0.3) is 0 Å². The van der Waals surface area contributed by atoms with Crippen LogP contribution < -0.4 is 10.6 Å². The summed E-state index contributed by atoms with van der Waals surface area (Å²) in [6.07, 6.45) is 0.232. The van der Waals surface area contributed by atoms with Crippen molar-refractivity contribution in [1.29, 1.82) is 0 Å². The van der Waals surface area contributed by atoms with E-state index in [0.29, 0.717) is 21.3 Å². The summed E-state index contributed by atoms with van der Waals surface area (Å²) in [5, 5.41) is 17.0. The van der Waals surface area contributed by atoms with Gasteiger partial charge in [-0.2, -0.15) is 0 Å². The number of carbonyl (C=O) groups is 2. The molecule has 3 aromatic carbocycles. The van der Waals surface area contributed by atoms with Gasteiger partial charge in [0.2, 0.25) is 0 Å². The number of carboxylic acid groups (broad SMARTS) is 1. The van der Waals surface area contributed by atoms with Gasteiger partial charge in [0.15, 0.2) is 0 Å². The highest BCUT2D eigenvalue weighted by Gasteiger charge is 2.47. The van der Waals surface area contributed by atoms with Crippen LogP contribution in [0, 0.1) is 0 Å². The van der Waals surface area contributed by atoms with E-state index in [1.165, 1.54) is 6.07 Å². The number of rotatable bonds is 5. The van der Waals surface area contributed by atoms with Crippen molar-refractivity contribution >= 4 is 58.1 Å². The van der Waals surface area contributed by atoms with Crippen LogP contribution in [0.15, 0.2) is 60.7 Å². The third-order valence-corrected chi connectivity index (χ3v) is 5.70. The number of aromatic carboxylic acids is 1. The number of amides is 1. The lowest BCUT2D eigenvalue weighted by Gasteiger charge is -2.31. The first kappa shape index (κ1) is 20.5. The summed E-state index contributed by atoms with van der Waals surface area (Å²) in [5.41, 5.74) is 0.979. The third-order valence-electron chi connectivity index (χ3n) is 5.00. The predicted octanol–water partition coefficient (Wildman–Crippen LogP) is 5.85. The Morgan fingerprint density at radius 2 is 1.67 bits per heavy atom. The Balaban J connectivity index is 1.88. The van der Waals surface area contributed by atoms with Crippen LogP contribution in [0.3, 0.4) is 0 Å². The lowest BCUT2D eigenvalue weighted by atomic mass is 9.84. The zero-order chi connectivity index (χ0) is 21.5. The smallest absolute Gasteiger partial charge is 0.337 e. The maximum absolute atomic E-state index is 13.3. The molecule has 0 saturated heterocycles. The molecule has 1 aliphatic rings. The molecule has 0 aromatic heterocycles. The molecule has 1 aliphatic heterocycles. The molecule has 5 nitrogen and oxygen atoms in total. The topological polar surface area (TPSA) is 78.4 Å². The molecule has 3 N–H and O–H groups in total. The Kier molecular flexibility index (Phi) is 5.36. The van der Waals surface area contributed by atoms with Gasteiger partial charge in [0, 0.05) is 38.4 Å². The number of benzene rings is 3. The monoisotopic (exact) mass is 460 g/mol. The van der Waals surface area contributed by atoms with Crippen molar-refractivity contribution in [1.82, 2.24) is 0 Å². The molecule has 30 heavy (non-hydrogen) atoms. The van der Waals surface area contributed by atoms with E-state index in [1.807, 2.05) is 6.07 Å². The highest BCUT2D eigenvalue weighted by Crippen LogP contribution is 2.43. The van der Waals surface area contributed by atoms with E-state index in [4.69, 9.17) is 34.8 Å². The molecule has 1 atom stereocenters. The molecule has 1 heterocycles. The zero-order valence-electron chi connectivity index (χ0n) is 15.4. The summed E-state index contributed by atoms with van der Waals surface area (Å²) in [7, 11) is 0. The average molecular weight is 462 g/mol. The van der Waals surface area contributed by atoms with Crippen LogP contribution in [0.4, 0.5) is 11.4 Å². The minimum atomic E-state index is -1.28. The molecule has 1 amide bonds. The highest BCUT2D eigenvalue weighted by atomic mass is 35.5. The molecule has 0 bridgehead atoms. The molecule has 152 valence electrons. The second kappa shape index (κ2) is 7.84. The number of halogens is 3. The van der Waals surface area contributed by atoms with Gasteiger partial charge in [-0.25, -0.2) is 4.79 Å². The second-order valence-corrected chi connectivity index (χ2v) is 8.29. The summed E-state index contributed by atoms with van der Waals surface area (Å²) in [6.45, 7) is 0. The number of anilines is 2. The normalized spacial score (nSPS) is 17.4. The highest BCUT2D eigenvalue weighted by molar-refractivity contribution is 6.31. The molecular weight excluding hydrogens is 447 g/mol. The van der Waals surface area contributed by atoms with Gasteiger partial charge in [0.05, 0.1) is 5.56 Å². The average Bonchev–Trinajstić information content (AvgIpc) is 2.93. The van der Waals surface area contributed by atoms with E-state index in [2.05, 4.69) is 10.6 Å². The van der Waals surface area contributed by atoms with Crippen molar-refractivity contribution in [2.24, 2.45) is 0 Å². The molecule has 8 heteroatoms. The van der Waals surface area contributed by atoms with Gasteiger partial charge in [-0.05, 0) is 48.0 Å². The molecule has 0 radical (unpaired) electrons. The molecule has 0 fully saturated rings. The standard InChI is InChI=1S/C22H15Cl3N2O3/c23-13-3-1-2-12(8-13)11-22(17-6-4-15(25)10-19(17)26-21(22)30)27-18-7-5-14(24)9-16(18)20(28)29/h1-10,27H,11H2,(H,26,30)(H,28,29). The van der Waals surface area contributed by atoms with Crippen molar-refractivity contribution in [2.45, 2.75) is 12.0 Å². The van der Waals surface area contributed by atoms with E-state index in [9.17, 15) is 14.7 Å². The summed E-state index contributed by atoms with van der Waals surface area (Å²) in [4.78, 5) is 25.1. The van der Waals surface area contributed by atoms with E-state index in [0.717, 1.165) is 5.56 Å². The van der Waals surface area contributed by atoms with Crippen LogP contribution in [0.2, 0.25) is 15.1 Å². The van der Waals surface area contributed by atoms with E-state index < -0.39 is 11.5 Å². The molecule has 0 spiro atoms. The van der Waals surface area contributed by atoms with Crippen LogP contribution >= 0.6 is 34.8 Å². The molecule has 4 rings (SSSR count). The second-order valence-electron chi connectivity index (χ2n) is 6.98. The van der Waals surface area contributed by atoms with Gasteiger partial charge >= 0.3 is 5.97 Å². The van der Waals surface area contributed by atoms with Gasteiger partial charge in [0.1, 0.15) is 5.54 Å². The number of hydrogen-bond donors (Lipinski definition) is 3. The quantitative estimate of drug-likeness (QED) is 0.445. The number of nitrogens with one attached hydrogen (secondary N) is 2. The zero-order valence-corrected chi connectivity index (χ0v) is 17.6. The molecule has 3 aromatic rings. The SMILES string of the molecule is O=C(O)c1cc(Cl)ccc1NC1(Cc2cccc(Cl)c2)C(=O)Nc2cc(Cl)ccc21. The Hall–Kier alpha value is -2.73. The van der Waals surface area contributed by atoms with Crippen LogP contribution in [-0.4, -0.2) is 17.0 Å². The Morgan fingerprint density at radius 1 is 0.967 bits per heavy atom. The number of hydrogen-bond acceptors (Lipinski definition) is 3.